The summed E-state index contributed by atoms with van der Waals surface area (Å²) in [6.45, 7) is 2.48. The van der Waals surface area contributed by atoms with E-state index in [1.807, 2.05) is 13.2 Å². The lowest BCUT2D eigenvalue weighted by Gasteiger charge is -2.05. The smallest absolute Gasteiger partial charge is 0.254 e. The molecule has 15 heavy (non-hydrogen) atoms. The van der Waals surface area contributed by atoms with Crippen LogP contribution < -0.4 is 5.32 Å². The number of pyridine rings is 1. The maximum atomic E-state index is 11.6. The van der Waals surface area contributed by atoms with Gasteiger partial charge in [0.2, 0.25) is 0 Å². The highest BCUT2D eigenvalue weighted by Crippen LogP contribution is 2.15. The SMILES string of the molecule is CSCCNC(=O)c1cnc(C)cc1Cl. The van der Waals surface area contributed by atoms with Crippen LogP contribution in [0.1, 0.15) is 16.1 Å². The molecule has 1 aromatic heterocycles. The number of rotatable bonds is 4. The van der Waals surface area contributed by atoms with Crippen LogP contribution in [-0.4, -0.2) is 29.4 Å². The Hall–Kier alpha value is -0.740. The van der Waals surface area contributed by atoms with E-state index in [9.17, 15) is 4.79 Å². The molecule has 3 nitrogen and oxygen atoms in total. The topological polar surface area (TPSA) is 42.0 Å². The number of aromatic nitrogens is 1. The quantitative estimate of drug-likeness (QED) is 0.826. The molecule has 0 aliphatic carbocycles. The molecule has 0 aromatic carbocycles. The summed E-state index contributed by atoms with van der Waals surface area (Å²) in [5, 5.41) is 3.22. The third-order valence-electron chi connectivity index (χ3n) is 1.83. The van der Waals surface area contributed by atoms with Crippen LogP contribution in [0.25, 0.3) is 0 Å². The van der Waals surface area contributed by atoms with Crippen molar-refractivity contribution in [1.82, 2.24) is 10.3 Å². The van der Waals surface area contributed by atoms with Gasteiger partial charge in [0.1, 0.15) is 0 Å². The van der Waals surface area contributed by atoms with E-state index >= 15 is 0 Å². The molecule has 1 N–H and O–H groups in total. The zero-order valence-electron chi connectivity index (χ0n) is 8.71. The predicted octanol–water partition coefficient (Wildman–Crippen LogP) is 2.14. The molecule has 0 saturated carbocycles. The van der Waals surface area contributed by atoms with Crippen molar-refractivity contribution in [2.45, 2.75) is 6.92 Å². The maximum Gasteiger partial charge on any atom is 0.254 e. The standard InChI is InChI=1S/C10H13ClN2OS/c1-7-5-9(11)8(6-13-7)10(14)12-3-4-15-2/h5-6H,3-4H2,1-2H3,(H,12,14). The van der Waals surface area contributed by atoms with E-state index in [1.54, 1.807) is 17.8 Å². The number of carbonyl (C=O) groups excluding carboxylic acids is 1. The summed E-state index contributed by atoms with van der Waals surface area (Å²) in [7, 11) is 0. The van der Waals surface area contributed by atoms with Gasteiger partial charge in [-0.3, -0.25) is 9.78 Å². The van der Waals surface area contributed by atoms with E-state index in [-0.39, 0.29) is 5.91 Å². The molecule has 1 heterocycles. The number of nitrogens with zero attached hydrogens (tertiary/aromatic N) is 1. The zero-order chi connectivity index (χ0) is 11.3. The van der Waals surface area contributed by atoms with Gasteiger partial charge in [0.05, 0.1) is 10.6 Å². The molecule has 0 bridgehead atoms. The molecular formula is C10H13ClN2OS. The number of halogens is 1. The Labute approximate surface area is 98.6 Å². The Bertz CT molecular complexity index is 357. The molecule has 82 valence electrons. The second-order valence-corrected chi connectivity index (χ2v) is 4.45. The normalized spacial score (nSPS) is 10.1. The van der Waals surface area contributed by atoms with Crippen LogP contribution in [0.3, 0.4) is 0 Å². The second-order valence-electron chi connectivity index (χ2n) is 3.05. The summed E-state index contributed by atoms with van der Waals surface area (Å²) in [5.74, 6) is 0.726. The third-order valence-corrected chi connectivity index (χ3v) is 2.75. The van der Waals surface area contributed by atoms with Crippen molar-refractivity contribution in [3.05, 3.63) is 28.5 Å². The van der Waals surface area contributed by atoms with E-state index < -0.39 is 0 Å². The summed E-state index contributed by atoms with van der Waals surface area (Å²) in [5.41, 5.74) is 1.24. The lowest BCUT2D eigenvalue weighted by atomic mass is 10.2. The van der Waals surface area contributed by atoms with Crippen LogP contribution in [0.15, 0.2) is 12.3 Å². The van der Waals surface area contributed by atoms with E-state index in [2.05, 4.69) is 10.3 Å². The van der Waals surface area contributed by atoms with Gasteiger partial charge < -0.3 is 5.32 Å². The molecule has 0 radical (unpaired) electrons. The summed E-state index contributed by atoms with van der Waals surface area (Å²) in [6.07, 6.45) is 3.50. The van der Waals surface area contributed by atoms with E-state index in [0.29, 0.717) is 17.1 Å². The first-order chi connectivity index (χ1) is 7.15. The van der Waals surface area contributed by atoms with Crippen LogP contribution in [0.5, 0.6) is 0 Å². The predicted molar refractivity (Wildman–Crippen MR) is 64.7 cm³/mol. The molecule has 0 fully saturated rings. The van der Waals surface area contributed by atoms with E-state index in [0.717, 1.165) is 11.4 Å². The van der Waals surface area contributed by atoms with Crippen molar-refractivity contribution in [3.8, 4) is 0 Å². The number of nitrogens with one attached hydrogen (secondary N) is 1. The molecular weight excluding hydrogens is 232 g/mol. The van der Waals surface area contributed by atoms with Crippen molar-refractivity contribution in [3.63, 3.8) is 0 Å². The second kappa shape index (κ2) is 5.98. The lowest BCUT2D eigenvalue weighted by molar-refractivity contribution is 0.0956. The molecule has 0 aliphatic heterocycles. The van der Waals surface area contributed by atoms with E-state index in [1.165, 1.54) is 6.20 Å². The van der Waals surface area contributed by atoms with Crippen molar-refractivity contribution in [2.24, 2.45) is 0 Å². The lowest BCUT2D eigenvalue weighted by Crippen LogP contribution is -2.26. The first-order valence-corrected chi connectivity index (χ1v) is 6.31. The van der Waals surface area contributed by atoms with Gasteiger partial charge in [-0.1, -0.05) is 11.6 Å². The largest absolute Gasteiger partial charge is 0.351 e. The number of hydrogen-bond donors (Lipinski definition) is 1. The molecule has 0 aliphatic rings. The summed E-state index contributed by atoms with van der Waals surface area (Å²) >= 11 is 7.61. The number of hydrogen-bond acceptors (Lipinski definition) is 3. The van der Waals surface area contributed by atoms with Crippen LogP contribution in [0, 0.1) is 6.92 Å². The molecule has 5 heteroatoms. The van der Waals surface area contributed by atoms with Gasteiger partial charge in [0.25, 0.3) is 5.91 Å². The summed E-state index contributed by atoms with van der Waals surface area (Å²) < 4.78 is 0. The van der Waals surface area contributed by atoms with Crippen molar-refractivity contribution in [2.75, 3.05) is 18.6 Å². The minimum Gasteiger partial charge on any atom is -0.351 e. The monoisotopic (exact) mass is 244 g/mol. The van der Waals surface area contributed by atoms with E-state index in [4.69, 9.17) is 11.6 Å². The average Bonchev–Trinajstić information content (AvgIpc) is 2.17. The Kier molecular flexibility index (Phi) is 4.91. The Morgan fingerprint density at radius 2 is 2.40 bits per heavy atom. The Morgan fingerprint density at radius 1 is 1.67 bits per heavy atom. The average molecular weight is 245 g/mol. The van der Waals surface area contributed by atoms with Crippen LogP contribution in [-0.2, 0) is 0 Å². The van der Waals surface area contributed by atoms with Gasteiger partial charge >= 0.3 is 0 Å². The molecule has 0 saturated heterocycles. The number of amides is 1. The number of thioether (sulfide) groups is 1. The highest BCUT2D eigenvalue weighted by Gasteiger charge is 2.09. The summed E-state index contributed by atoms with van der Waals surface area (Å²) in [6, 6.07) is 1.69. The molecule has 1 aromatic rings. The molecule has 1 rings (SSSR count). The van der Waals surface area contributed by atoms with Crippen molar-refractivity contribution < 1.29 is 4.79 Å². The third kappa shape index (κ3) is 3.72. The highest BCUT2D eigenvalue weighted by atomic mass is 35.5. The first-order valence-electron chi connectivity index (χ1n) is 4.54. The fraction of sp³-hybridized carbons (Fsp3) is 0.400. The maximum absolute atomic E-state index is 11.6. The van der Waals surface area contributed by atoms with Crippen LogP contribution in [0.2, 0.25) is 5.02 Å². The Morgan fingerprint density at radius 3 is 3.00 bits per heavy atom. The number of carbonyl (C=O) groups is 1. The van der Waals surface area contributed by atoms with Gasteiger partial charge in [0, 0.05) is 24.2 Å². The fourth-order valence-corrected chi connectivity index (χ4v) is 1.65. The minimum atomic E-state index is -0.165. The zero-order valence-corrected chi connectivity index (χ0v) is 10.3. The fourth-order valence-electron chi connectivity index (χ4n) is 1.06. The van der Waals surface area contributed by atoms with Gasteiger partial charge in [-0.15, -0.1) is 0 Å². The van der Waals surface area contributed by atoms with Crippen LogP contribution >= 0.6 is 23.4 Å². The van der Waals surface area contributed by atoms with Crippen molar-refractivity contribution in [1.29, 1.82) is 0 Å². The van der Waals surface area contributed by atoms with Gasteiger partial charge in [0.15, 0.2) is 0 Å². The Balaban J connectivity index is 2.65. The summed E-state index contributed by atoms with van der Waals surface area (Å²) in [4.78, 5) is 15.6. The van der Waals surface area contributed by atoms with Crippen molar-refractivity contribution >= 4 is 29.3 Å². The molecule has 0 unspecified atom stereocenters. The van der Waals surface area contributed by atoms with Crippen LogP contribution in [0.4, 0.5) is 0 Å². The van der Waals surface area contributed by atoms with Gasteiger partial charge in [-0.2, -0.15) is 11.8 Å². The number of aryl methyl sites for hydroxylation is 1. The minimum absolute atomic E-state index is 0.165. The molecule has 0 atom stereocenters. The van der Waals surface area contributed by atoms with Gasteiger partial charge in [-0.05, 0) is 19.2 Å². The highest BCUT2D eigenvalue weighted by molar-refractivity contribution is 7.98. The molecule has 1 amide bonds. The van der Waals surface area contributed by atoms with Gasteiger partial charge in [-0.25, -0.2) is 0 Å². The first kappa shape index (κ1) is 12.3. The molecule has 0 spiro atoms.